The van der Waals surface area contributed by atoms with Gasteiger partial charge in [0.1, 0.15) is 5.75 Å². The van der Waals surface area contributed by atoms with Gasteiger partial charge in [-0.2, -0.15) is 0 Å². The van der Waals surface area contributed by atoms with Crippen LogP contribution >= 0.6 is 15.9 Å². The minimum absolute atomic E-state index is 0.241. The molecule has 1 aromatic carbocycles. The number of halogens is 1. The van der Waals surface area contributed by atoms with Crippen molar-refractivity contribution in [3.05, 3.63) is 28.2 Å². The lowest BCUT2D eigenvalue weighted by Crippen LogP contribution is -2.38. The third kappa shape index (κ3) is 4.50. The van der Waals surface area contributed by atoms with Gasteiger partial charge in [0.15, 0.2) is 0 Å². The van der Waals surface area contributed by atoms with E-state index in [9.17, 15) is 0 Å². The maximum atomic E-state index is 5.33. The highest BCUT2D eigenvalue weighted by Crippen LogP contribution is 2.34. The first-order chi connectivity index (χ1) is 8.92. The molecular weight excluding hydrogens is 302 g/mol. The molecule has 0 spiro atoms. The number of ether oxygens (including phenoxy) is 1. The third-order valence-corrected chi connectivity index (χ3v) is 4.79. The average Bonchev–Trinajstić information content (AvgIpc) is 2.38. The van der Waals surface area contributed by atoms with Crippen molar-refractivity contribution in [3.8, 4) is 5.75 Å². The number of hydrogen-bond acceptors (Lipinski definition) is 2. The van der Waals surface area contributed by atoms with Gasteiger partial charge in [-0.15, -0.1) is 0 Å². The van der Waals surface area contributed by atoms with Crippen molar-refractivity contribution < 1.29 is 4.74 Å². The Kier molecular flexibility index (Phi) is 6.34. The van der Waals surface area contributed by atoms with E-state index >= 15 is 0 Å². The topological polar surface area (TPSA) is 21.3 Å². The normalized spacial score (nSPS) is 14.5. The molecule has 0 saturated carbocycles. The summed E-state index contributed by atoms with van der Waals surface area (Å²) in [4.78, 5) is 0. The molecule has 0 heterocycles. The molecule has 19 heavy (non-hydrogen) atoms. The van der Waals surface area contributed by atoms with Crippen LogP contribution in [0.4, 0.5) is 0 Å². The predicted octanol–water partition coefficient (Wildman–Crippen LogP) is 4.27. The Morgan fingerprint density at radius 2 is 2.05 bits per heavy atom. The van der Waals surface area contributed by atoms with Gasteiger partial charge in [-0.3, -0.25) is 0 Å². The van der Waals surface area contributed by atoms with Crippen LogP contribution in [0.2, 0.25) is 0 Å². The van der Waals surface area contributed by atoms with Gasteiger partial charge in [-0.05, 0) is 48.1 Å². The lowest BCUT2D eigenvalue weighted by molar-refractivity contribution is 0.208. The van der Waals surface area contributed by atoms with E-state index in [1.807, 2.05) is 6.07 Å². The Morgan fingerprint density at radius 3 is 2.58 bits per heavy atom. The van der Waals surface area contributed by atoms with Gasteiger partial charge in [0.05, 0.1) is 7.11 Å². The standard InChI is InChI=1S/C16H26BrNO/c1-6-18-11-16(4,12(2)3)10-13-9-14(19-5)7-8-15(13)17/h7-9,12,18H,6,10-11H2,1-5H3. The zero-order chi connectivity index (χ0) is 14.5. The Hall–Kier alpha value is -0.540. The maximum absolute atomic E-state index is 5.33. The maximum Gasteiger partial charge on any atom is 0.119 e. The van der Waals surface area contributed by atoms with Crippen LogP contribution in [0.5, 0.6) is 5.75 Å². The SMILES string of the molecule is CCNCC(C)(Cc1cc(OC)ccc1Br)C(C)C. The van der Waals surface area contributed by atoms with Crippen molar-refractivity contribution in [3.63, 3.8) is 0 Å². The van der Waals surface area contributed by atoms with Gasteiger partial charge in [0, 0.05) is 11.0 Å². The van der Waals surface area contributed by atoms with Crippen LogP contribution in [0.25, 0.3) is 0 Å². The van der Waals surface area contributed by atoms with Gasteiger partial charge in [0.25, 0.3) is 0 Å². The van der Waals surface area contributed by atoms with Crippen LogP contribution in [-0.2, 0) is 6.42 Å². The summed E-state index contributed by atoms with van der Waals surface area (Å²) in [7, 11) is 1.72. The lowest BCUT2D eigenvalue weighted by Gasteiger charge is -2.34. The summed E-state index contributed by atoms with van der Waals surface area (Å²) in [6.07, 6.45) is 1.04. The van der Waals surface area contributed by atoms with E-state index in [4.69, 9.17) is 4.74 Å². The first kappa shape index (κ1) is 16.5. The van der Waals surface area contributed by atoms with Crippen molar-refractivity contribution in [2.75, 3.05) is 20.2 Å². The second-order valence-corrected chi connectivity index (χ2v) is 6.58. The van der Waals surface area contributed by atoms with E-state index in [0.29, 0.717) is 5.92 Å². The summed E-state index contributed by atoms with van der Waals surface area (Å²) in [6.45, 7) is 11.2. The second kappa shape index (κ2) is 7.30. The molecular formula is C16H26BrNO. The molecule has 1 atom stereocenters. The van der Waals surface area contributed by atoms with Crippen LogP contribution in [0.1, 0.15) is 33.3 Å². The molecule has 3 heteroatoms. The Morgan fingerprint density at radius 1 is 1.37 bits per heavy atom. The Bertz CT molecular complexity index is 406. The molecule has 0 radical (unpaired) electrons. The van der Waals surface area contributed by atoms with Crippen molar-refractivity contribution in [2.24, 2.45) is 11.3 Å². The van der Waals surface area contributed by atoms with E-state index in [1.165, 1.54) is 5.56 Å². The van der Waals surface area contributed by atoms with Crippen LogP contribution in [0, 0.1) is 11.3 Å². The van der Waals surface area contributed by atoms with Gasteiger partial charge < -0.3 is 10.1 Å². The monoisotopic (exact) mass is 327 g/mol. The first-order valence-electron chi connectivity index (χ1n) is 6.96. The van der Waals surface area contributed by atoms with E-state index in [0.717, 1.165) is 29.7 Å². The molecule has 1 rings (SSSR count). The van der Waals surface area contributed by atoms with Crippen molar-refractivity contribution >= 4 is 15.9 Å². The zero-order valence-electron chi connectivity index (χ0n) is 12.7. The molecule has 0 fully saturated rings. The number of benzene rings is 1. The fourth-order valence-corrected chi connectivity index (χ4v) is 2.52. The highest BCUT2D eigenvalue weighted by Gasteiger charge is 2.29. The summed E-state index contributed by atoms with van der Waals surface area (Å²) < 4.78 is 6.49. The van der Waals surface area contributed by atoms with Crippen LogP contribution < -0.4 is 10.1 Å². The minimum Gasteiger partial charge on any atom is -0.497 e. The van der Waals surface area contributed by atoms with Crippen LogP contribution in [0.15, 0.2) is 22.7 Å². The number of methoxy groups -OCH3 is 1. The molecule has 0 amide bonds. The number of nitrogens with one attached hydrogen (secondary N) is 1. The largest absolute Gasteiger partial charge is 0.497 e. The second-order valence-electron chi connectivity index (χ2n) is 5.72. The smallest absolute Gasteiger partial charge is 0.119 e. The number of hydrogen-bond donors (Lipinski definition) is 1. The van der Waals surface area contributed by atoms with Crippen molar-refractivity contribution in [1.29, 1.82) is 0 Å². The third-order valence-electron chi connectivity index (χ3n) is 4.02. The van der Waals surface area contributed by atoms with E-state index in [1.54, 1.807) is 7.11 Å². The summed E-state index contributed by atoms with van der Waals surface area (Å²) in [5, 5.41) is 3.49. The predicted molar refractivity (Wildman–Crippen MR) is 85.9 cm³/mol. The van der Waals surface area contributed by atoms with E-state index in [2.05, 4.69) is 61.1 Å². The fourth-order valence-electron chi connectivity index (χ4n) is 2.13. The summed E-state index contributed by atoms with van der Waals surface area (Å²) in [5.41, 5.74) is 1.55. The quantitative estimate of drug-likeness (QED) is 0.807. The molecule has 0 bridgehead atoms. The zero-order valence-corrected chi connectivity index (χ0v) is 14.3. The molecule has 0 aliphatic carbocycles. The molecule has 2 nitrogen and oxygen atoms in total. The highest BCUT2D eigenvalue weighted by atomic mass is 79.9. The molecule has 0 aliphatic heterocycles. The Labute approximate surface area is 126 Å². The van der Waals surface area contributed by atoms with Crippen LogP contribution in [0.3, 0.4) is 0 Å². The van der Waals surface area contributed by atoms with Gasteiger partial charge in [-0.1, -0.05) is 43.6 Å². The Balaban J connectivity index is 2.95. The highest BCUT2D eigenvalue weighted by molar-refractivity contribution is 9.10. The molecule has 0 aromatic heterocycles. The summed E-state index contributed by atoms with van der Waals surface area (Å²) >= 11 is 3.65. The van der Waals surface area contributed by atoms with Gasteiger partial charge in [-0.25, -0.2) is 0 Å². The summed E-state index contributed by atoms with van der Waals surface area (Å²) in [5.74, 6) is 1.54. The van der Waals surface area contributed by atoms with Gasteiger partial charge in [0.2, 0.25) is 0 Å². The fraction of sp³-hybridized carbons (Fsp3) is 0.625. The van der Waals surface area contributed by atoms with Crippen molar-refractivity contribution in [2.45, 2.75) is 34.1 Å². The van der Waals surface area contributed by atoms with E-state index in [-0.39, 0.29) is 5.41 Å². The molecule has 1 aromatic rings. The molecule has 1 unspecified atom stereocenters. The average molecular weight is 328 g/mol. The molecule has 108 valence electrons. The van der Waals surface area contributed by atoms with Crippen molar-refractivity contribution in [1.82, 2.24) is 5.32 Å². The summed E-state index contributed by atoms with van der Waals surface area (Å²) in [6, 6.07) is 6.20. The number of rotatable bonds is 7. The van der Waals surface area contributed by atoms with E-state index < -0.39 is 0 Å². The van der Waals surface area contributed by atoms with Crippen LogP contribution in [-0.4, -0.2) is 20.2 Å². The molecule has 0 saturated heterocycles. The molecule has 1 N–H and O–H groups in total. The lowest BCUT2D eigenvalue weighted by atomic mass is 9.74. The minimum atomic E-state index is 0.241. The van der Waals surface area contributed by atoms with Gasteiger partial charge >= 0.3 is 0 Å². The first-order valence-corrected chi connectivity index (χ1v) is 7.75. The molecule has 0 aliphatic rings.